The molecular weight excluding hydrogens is 328 g/mol. The molecule has 0 aromatic heterocycles. The van der Waals surface area contributed by atoms with Gasteiger partial charge in [-0.15, -0.1) is 0 Å². The summed E-state index contributed by atoms with van der Waals surface area (Å²) in [6.45, 7) is 1.54. The summed E-state index contributed by atoms with van der Waals surface area (Å²) < 4.78 is 10.7. The van der Waals surface area contributed by atoms with Gasteiger partial charge in [-0.3, -0.25) is 0 Å². The van der Waals surface area contributed by atoms with Crippen LogP contribution in [0.3, 0.4) is 0 Å². The molecule has 1 aliphatic heterocycles. The molecule has 0 saturated carbocycles. The van der Waals surface area contributed by atoms with Gasteiger partial charge in [-0.2, -0.15) is 0 Å². The first kappa shape index (κ1) is 17.7. The van der Waals surface area contributed by atoms with Crippen LogP contribution in [-0.2, 0) is 13.0 Å². The molecule has 0 aliphatic carbocycles. The van der Waals surface area contributed by atoms with Crippen LogP contribution < -0.4 is 14.8 Å². The SMILES string of the molecule is COc1cc2c(cc1OC)CN(C(=O)NCC#Cc1ccccc1)CC2. The van der Waals surface area contributed by atoms with Crippen LogP contribution in [0.15, 0.2) is 42.5 Å². The maximum atomic E-state index is 12.4. The molecule has 0 radical (unpaired) electrons. The van der Waals surface area contributed by atoms with E-state index >= 15 is 0 Å². The number of methoxy groups -OCH3 is 2. The number of hydrogen-bond donors (Lipinski definition) is 1. The number of rotatable bonds is 3. The molecule has 5 heteroatoms. The molecule has 0 spiro atoms. The minimum Gasteiger partial charge on any atom is -0.493 e. The van der Waals surface area contributed by atoms with Crippen molar-refractivity contribution in [3.63, 3.8) is 0 Å². The summed E-state index contributed by atoms with van der Waals surface area (Å²) in [7, 11) is 3.24. The second kappa shape index (κ2) is 8.30. The molecular formula is C21H22N2O3. The Bertz CT molecular complexity index is 838. The van der Waals surface area contributed by atoms with E-state index in [-0.39, 0.29) is 6.03 Å². The smallest absolute Gasteiger partial charge is 0.318 e. The molecule has 1 heterocycles. The lowest BCUT2D eigenvalue weighted by Crippen LogP contribution is -2.42. The van der Waals surface area contributed by atoms with Gasteiger partial charge < -0.3 is 19.7 Å². The van der Waals surface area contributed by atoms with Crippen LogP contribution in [0.5, 0.6) is 11.5 Å². The number of amides is 2. The van der Waals surface area contributed by atoms with Gasteiger partial charge in [0.05, 0.1) is 20.8 Å². The van der Waals surface area contributed by atoms with E-state index in [0.29, 0.717) is 25.4 Å². The van der Waals surface area contributed by atoms with Gasteiger partial charge in [0.15, 0.2) is 11.5 Å². The molecule has 26 heavy (non-hydrogen) atoms. The van der Waals surface area contributed by atoms with Gasteiger partial charge in [-0.1, -0.05) is 30.0 Å². The number of nitrogens with zero attached hydrogens (tertiary/aromatic N) is 1. The summed E-state index contributed by atoms with van der Waals surface area (Å²) >= 11 is 0. The van der Waals surface area contributed by atoms with Gasteiger partial charge in [0.25, 0.3) is 0 Å². The fraction of sp³-hybridized carbons (Fsp3) is 0.286. The number of ether oxygens (including phenoxy) is 2. The Hall–Kier alpha value is -3.13. The van der Waals surface area contributed by atoms with Gasteiger partial charge in [0.2, 0.25) is 0 Å². The van der Waals surface area contributed by atoms with Gasteiger partial charge in [0.1, 0.15) is 0 Å². The highest BCUT2D eigenvalue weighted by atomic mass is 16.5. The standard InChI is InChI=1S/C21H22N2O3/c1-25-19-13-17-10-12-23(15-18(17)14-20(19)26-2)21(24)22-11-6-9-16-7-4-3-5-8-16/h3-5,7-8,13-14H,10-12,15H2,1-2H3,(H,22,24). The number of fused-ring (bicyclic) bond motifs is 1. The Morgan fingerprint density at radius 1 is 1.12 bits per heavy atom. The molecule has 0 fully saturated rings. The summed E-state index contributed by atoms with van der Waals surface area (Å²) in [5.74, 6) is 7.42. The van der Waals surface area contributed by atoms with Crippen LogP contribution in [-0.4, -0.2) is 38.2 Å². The fourth-order valence-electron chi connectivity index (χ4n) is 2.96. The van der Waals surface area contributed by atoms with E-state index < -0.39 is 0 Å². The van der Waals surface area contributed by atoms with Crippen molar-refractivity contribution >= 4 is 6.03 Å². The first-order valence-corrected chi connectivity index (χ1v) is 8.51. The second-order valence-corrected chi connectivity index (χ2v) is 5.97. The van der Waals surface area contributed by atoms with Crippen molar-refractivity contribution in [2.45, 2.75) is 13.0 Å². The van der Waals surface area contributed by atoms with Crippen molar-refractivity contribution in [2.24, 2.45) is 0 Å². The minimum absolute atomic E-state index is 0.104. The Balaban J connectivity index is 1.60. The Kier molecular flexibility index (Phi) is 5.65. The van der Waals surface area contributed by atoms with Crippen LogP contribution in [0.4, 0.5) is 4.79 Å². The third-order valence-electron chi connectivity index (χ3n) is 4.34. The topological polar surface area (TPSA) is 50.8 Å². The summed E-state index contributed by atoms with van der Waals surface area (Å²) in [6, 6.07) is 13.6. The average Bonchev–Trinajstić information content (AvgIpc) is 2.70. The van der Waals surface area contributed by atoms with Crippen LogP contribution in [0.25, 0.3) is 0 Å². The molecule has 2 aromatic rings. The van der Waals surface area contributed by atoms with Crippen molar-refractivity contribution < 1.29 is 14.3 Å². The quantitative estimate of drug-likeness (QED) is 0.866. The van der Waals surface area contributed by atoms with Crippen LogP contribution in [0.2, 0.25) is 0 Å². The largest absolute Gasteiger partial charge is 0.493 e. The number of benzene rings is 2. The van der Waals surface area contributed by atoms with E-state index in [9.17, 15) is 4.79 Å². The van der Waals surface area contributed by atoms with E-state index in [4.69, 9.17) is 9.47 Å². The Morgan fingerprint density at radius 3 is 2.50 bits per heavy atom. The molecule has 3 rings (SSSR count). The van der Waals surface area contributed by atoms with Gasteiger partial charge >= 0.3 is 6.03 Å². The molecule has 2 amide bonds. The average molecular weight is 350 g/mol. The predicted octanol–water partition coefficient (Wildman–Crippen LogP) is 2.82. The van der Waals surface area contributed by atoms with E-state index in [1.807, 2.05) is 42.5 Å². The summed E-state index contributed by atoms with van der Waals surface area (Å²) in [5, 5.41) is 2.86. The first-order valence-electron chi connectivity index (χ1n) is 8.51. The van der Waals surface area contributed by atoms with Gasteiger partial charge in [-0.05, 0) is 41.8 Å². The highest BCUT2D eigenvalue weighted by molar-refractivity contribution is 5.75. The number of nitrogens with one attached hydrogen (secondary N) is 1. The number of urea groups is 1. The molecule has 5 nitrogen and oxygen atoms in total. The maximum Gasteiger partial charge on any atom is 0.318 e. The predicted molar refractivity (Wildman–Crippen MR) is 100 cm³/mol. The van der Waals surface area contributed by atoms with Crippen molar-refractivity contribution in [1.29, 1.82) is 0 Å². The minimum atomic E-state index is -0.104. The zero-order valence-electron chi connectivity index (χ0n) is 15.0. The monoisotopic (exact) mass is 350 g/mol. The molecule has 1 N–H and O–H groups in total. The van der Waals surface area contributed by atoms with E-state index in [0.717, 1.165) is 23.3 Å². The normalized spacial score (nSPS) is 12.5. The van der Waals surface area contributed by atoms with Crippen molar-refractivity contribution in [3.8, 4) is 23.3 Å². The lowest BCUT2D eigenvalue weighted by atomic mass is 9.99. The molecule has 0 unspecified atom stereocenters. The number of carbonyl (C=O) groups is 1. The van der Waals surface area contributed by atoms with Crippen LogP contribution in [0, 0.1) is 11.8 Å². The van der Waals surface area contributed by atoms with Crippen molar-refractivity contribution in [3.05, 3.63) is 59.2 Å². The molecule has 0 bridgehead atoms. The van der Waals surface area contributed by atoms with Crippen LogP contribution >= 0.6 is 0 Å². The van der Waals surface area contributed by atoms with E-state index in [1.165, 1.54) is 5.56 Å². The van der Waals surface area contributed by atoms with Crippen LogP contribution in [0.1, 0.15) is 16.7 Å². The Morgan fingerprint density at radius 2 is 1.81 bits per heavy atom. The zero-order chi connectivity index (χ0) is 18.4. The zero-order valence-corrected chi connectivity index (χ0v) is 15.0. The summed E-state index contributed by atoms with van der Waals surface area (Å²) in [5.41, 5.74) is 3.21. The second-order valence-electron chi connectivity index (χ2n) is 5.97. The third-order valence-corrected chi connectivity index (χ3v) is 4.34. The van der Waals surface area contributed by atoms with E-state index in [2.05, 4.69) is 17.2 Å². The van der Waals surface area contributed by atoms with Crippen molar-refractivity contribution in [1.82, 2.24) is 10.2 Å². The summed E-state index contributed by atoms with van der Waals surface area (Å²) in [4.78, 5) is 14.2. The highest BCUT2D eigenvalue weighted by Gasteiger charge is 2.22. The highest BCUT2D eigenvalue weighted by Crippen LogP contribution is 2.33. The summed E-state index contributed by atoms with van der Waals surface area (Å²) in [6.07, 6.45) is 0.790. The third kappa shape index (κ3) is 4.09. The fourth-order valence-corrected chi connectivity index (χ4v) is 2.96. The molecule has 0 atom stereocenters. The molecule has 0 saturated heterocycles. The van der Waals surface area contributed by atoms with Gasteiger partial charge in [-0.25, -0.2) is 4.79 Å². The first-order chi connectivity index (χ1) is 12.7. The molecule has 1 aliphatic rings. The molecule has 134 valence electrons. The van der Waals surface area contributed by atoms with Gasteiger partial charge in [0, 0.05) is 18.7 Å². The lowest BCUT2D eigenvalue weighted by Gasteiger charge is -2.29. The molecule has 2 aromatic carbocycles. The van der Waals surface area contributed by atoms with Crippen molar-refractivity contribution in [2.75, 3.05) is 27.3 Å². The number of carbonyl (C=O) groups excluding carboxylic acids is 1. The Labute approximate surface area is 153 Å². The lowest BCUT2D eigenvalue weighted by molar-refractivity contribution is 0.193. The van der Waals surface area contributed by atoms with E-state index in [1.54, 1.807) is 19.1 Å². The maximum absolute atomic E-state index is 12.4. The number of hydrogen-bond acceptors (Lipinski definition) is 3.